The Morgan fingerprint density at radius 3 is 2.25 bits per heavy atom. The van der Waals surface area contributed by atoms with Gasteiger partial charge in [0.1, 0.15) is 0 Å². The van der Waals surface area contributed by atoms with E-state index in [9.17, 15) is 13.2 Å². The number of nitrogens with zero attached hydrogens (tertiary/aromatic N) is 1. The van der Waals surface area contributed by atoms with E-state index in [1.807, 2.05) is 18.7 Å². The number of aliphatic hydroxyl groups is 1. The molecular weight excluding hydrogens is 267 g/mol. The number of halogens is 3. The van der Waals surface area contributed by atoms with Crippen molar-refractivity contribution in [3.8, 4) is 0 Å². The molecule has 0 aromatic heterocycles. The predicted molar refractivity (Wildman–Crippen MR) is 73.3 cm³/mol. The van der Waals surface area contributed by atoms with Crippen LogP contribution in [0.5, 0.6) is 0 Å². The summed E-state index contributed by atoms with van der Waals surface area (Å²) in [6.07, 6.45) is -2.63. The number of hydrogen-bond acceptors (Lipinski definition) is 2. The summed E-state index contributed by atoms with van der Waals surface area (Å²) in [7, 11) is 0. The van der Waals surface area contributed by atoms with Crippen LogP contribution in [0.2, 0.25) is 0 Å². The first-order chi connectivity index (χ1) is 9.43. The Balaban J connectivity index is 2.99. The van der Waals surface area contributed by atoms with Gasteiger partial charge in [0.2, 0.25) is 0 Å². The number of alkyl halides is 3. The lowest BCUT2D eigenvalue weighted by Gasteiger charge is -2.30. The van der Waals surface area contributed by atoms with E-state index < -0.39 is 11.7 Å². The smallest absolute Gasteiger partial charge is 0.395 e. The van der Waals surface area contributed by atoms with E-state index in [0.29, 0.717) is 6.54 Å². The van der Waals surface area contributed by atoms with E-state index in [1.54, 1.807) is 6.07 Å². The normalized spacial score (nSPS) is 12.4. The van der Waals surface area contributed by atoms with Crippen LogP contribution in [0.25, 0.3) is 0 Å². The van der Waals surface area contributed by atoms with E-state index >= 15 is 0 Å². The highest BCUT2D eigenvalue weighted by atomic mass is 19.4. The van der Waals surface area contributed by atoms with E-state index in [2.05, 4.69) is 0 Å². The van der Waals surface area contributed by atoms with Gasteiger partial charge in [0.25, 0.3) is 0 Å². The third kappa shape index (κ3) is 4.49. The summed E-state index contributed by atoms with van der Waals surface area (Å²) >= 11 is 0. The van der Waals surface area contributed by atoms with Gasteiger partial charge in [0.05, 0.1) is 12.2 Å². The maximum Gasteiger partial charge on any atom is 0.416 e. The second-order valence-corrected chi connectivity index (χ2v) is 4.82. The molecule has 1 N–H and O–H groups in total. The highest BCUT2D eigenvalue weighted by Crippen LogP contribution is 2.32. The van der Waals surface area contributed by atoms with E-state index in [4.69, 9.17) is 5.11 Å². The molecule has 114 valence electrons. The van der Waals surface area contributed by atoms with Crippen molar-refractivity contribution in [3.63, 3.8) is 0 Å². The van der Waals surface area contributed by atoms with Crippen LogP contribution < -0.4 is 0 Å². The van der Waals surface area contributed by atoms with Gasteiger partial charge in [-0.15, -0.1) is 0 Å². The summed E-state index contributed by atoms with van der Waals surface area (Å²) in [6.45, 7) is 4.56. The second-order valence-electron chi connectivity index (χ2n) is 4.82. The summed E-state index contributed by atoms with van der Waals surface area (Å²) in [6, 6.07) is 5.83. The summed E-state index contributed by atoms with van der Waals surface area (Å²) < 4.78 is 38.9. The molecular formula is C15H22F3NO. The fourth-order valence-electron chi connectivity index (χ4n) is 2.48. The molecule has 0 saturated heterocycles. The lowest BCUT2D eigenvalue weighted by atomic mass is 10.0. The number of aliphatic hydroxyl groups excluding tert-OH is 1. The van der Waals surface area contributed by atoms with Gasteiger partial charge in [0, 0.05) is 19.1 Å². The van der Waals surface area contributed by atoms with Crippen LogP contribution in [0, 0.1) is 0 Å². The van der Waals surface area contributed by atoms with Gasteiger partial charge in [-0.3, -0.25) is 4.90 Å². The molecule has 0 aliphatic heterocycles. The third-order valence-electron chi connectivity index (χ3n) is 3.54. The van der Waals surface area contributed by atoms with Gasteiger partial charge in [0.15, 0.2) is 0 Å². The quantitative estimate of drug-likeness (QED) is 0.827. The van der Waals surface area contributed by atoms with Crippen LogP contribution >= 0.6 is 0 Å². The van der Waals surface area contributed by atoms with Crippen molar-refractivity contribution in [2.75, 3.05) is 13.2 Å². The minimum absolute atomic E-state index is 0.0509. The van der Waals surface area contributed by atoms with Gasteiger partial charge in [-0.1, -0.05) is 32.0 Å². The van der Waals surface area contributed by atoms with Crippen LogP contribution in [-0.2, 0) is 12.7 Å². The standard InChI is InChI=1S/C15H22F3NO/c1-3-13(4-2)19(9-10-20)11-12-7-5-6-8-14(12)15(16,17)18/h5-8,13,20H,3-4,9-11H2,1-2H3. The maximum absolute atomic E-state index is 13.0. The largest absolute Gasteiger partial charge is 0.416 e. The molecule has 2 nitrogen and oxygen atoms in total. The summed E-state index contributed by atoms with van der Waals surface area (Å²) in [5.41, 5.74) is -0.325. The van der Waals surface area contributed by atoms with Gasteiger partial charge in [-0.2, -0.15) is 13.2 Å². The van der Waals surface area contributed by atoms with Crippen LogP contribution in [-0.4, -0.2) is 29.2 Å². The molecule has 0 aliphatic carbocycles. The molecule has 0 aliphatic rings. The molecule has 20 heavy (non-hydrogen) atoms. The molecule has 1 rings (SSSR count). The lowest BCUT2D eigenvalue weighted by Crippen LogP contribution is -2.36. The van der Waals surface area contributed by atoms with Crippen LogP contribution in [0.3, 0.4) is 0 Å². The molecule has 0 radical (unpaired) electrons. The Hall–Kier alpha value is -1.07. The molecule has 0 atom stereocenters. The van der Waals surface area contributed by atoms with Gasteiger partial charge < -0.3 is 5.11 Å². The van der Waals surface area contributed by atoms with Crippen molar-refractivity contribution in [3.05, 3.63) is 35.4 Å². The first-order valence-electron chi connectivity index (χ1n) is 6.94. The summed E-state index contributed by atoms with van der Waals surface area (Å²) in [4.78, 5) is 1.92. The van der Waals surface area contributed by atoms with Crippen molar-refractivity contribution in [1.29, 1.82) is 0 Å². The zero-order valence-electron chi connectivity index (χ0n) is 12.0. The fourth-order valence-corrected chi connectivity index (χ4v) is 2.48. The minimum atomic E-state index is -4.34. The van der Waals surface area contributed by atoms with Gasteiger partial charge >= 0.3 is 6.18 Å². The number of rotatable bonds is 7. The molecule has 0 unspecified atom stereocenters. The third-order valence-corrected chi connectivity index (χ3v) is 3.54. The Bertz CT molecular complexity index is 402. The second kappa shape index (κ2) is 7.64. The van der Waals surface area contributed by atoms with Crippen molar-refractivity contribution >= 4 is 0 Å². The molecule has 0 fully saturated rings. The minimum Gasteiger partial charge on any atom is -0.395 e. The van der Waals surface area contributed by atoms with E-state index in [0.717, 1.165) is 18.9 Å². The van der Waals surface area contributed by atoms with Crippen LogP contribution in [0.15, 0.2) is 24.3 Å². The SMILES string of the molecule is CCC(CC)N(CCO)Cc1ccccc1C(F)(F)F. The van der Waals surface area contributed by atoms with Gasteiger partial charge in [-0.25, -0.2) is 0 Å². The molecule has 0 saturated carbocycles. The fraction of sp³-hybridized carbons (Fsp3) is 0.600. The Labute approximate surface area is 118 Å². The Morgan fingerprint density at radius 1 is 1.15 bits per heavy atom. The van der Waals surface area contributed by atoms with Crippen molar-refractivity contribution < 1.29 is 18.3 Å². The number of hydrogen-bond donors (Lipinski definition) is 1. The van der Waals surface area contributed by atoms with Crippen molar-refractivity contribution in [1.82, 2.24) is 4.90 Å². The molecule has 0 bridgehead atoms. The highest BCUT2D eigenvalue weighted by molar-refractivity contribution is 5.29. The van der Waals surface area contributed by atoms with Gasteiger partial charge in [-0.05, 0) is 24.5 Å². The molecule has 0 heterocycles. The molecule has 1 aromatic rings. The van der Waals surface area contributed by atoms with Crippen molar-refractivity contribution in [2.45, 2.75) is 45.5 Å². The average Bonchev–Trinajstić information content (AvgIpc) is 2.39. The average molecular weight is 289 g/mol. The zero-order chi connectivity index (χ0) is 15.2. The van der Waals surface area contributed by atoms with E-state index in [-0.39, 0.29) is 24.8 Å². The lowest BCUT2D eigenvalue weighted by molar-refractivity contribution is -0.138. The highest BCUT2D eigenvalue weighted by Gasteiger charge is 2.33. The van der Waals surface area contributed by atoms with Crippen LogP contribution in [0.1, 0.15) is 37.8 Å². The number of benzene rings is 1. The monoisotopic (exact) mass is 289 g/mol. The molecule has 0 spiro atoms. The topological polar surface area (TPSA) is 23.5 Å². The van der Waals surface area contributed by atoms with Crippen molar-refractivity contribution in [2.24, 2.45) is 0 Å². The summed E-state index contributed by atoms with van der Waals surface area (Å²) in [5.74, 6) is 0. The summed E-state index contributed by atoms with van der Waals surface area (Å²) in [5, 5.41) is 9.12. The van der Waals surface area contributed by atoms with Crippen LogP contribution in [0.4, 0.5) is 13.2 Å². The maximum atomic E-state index is 13.0. The molecule has 1 aromatic carbocycles. The first kappa shape index (κ1) is 17.0. The molecule has 0 amide bonds. The first-order valence-corrected chi connectivity index (χ1v) is 6.94. The van der Waals surface area contributed by atoms with E-state index in [1.165, 1.54) is 12.1 Å². The Kier molecular flexibility index (Phi) is 6.49. The molecule has 5 heteroatoms. The Morgan fingerprint density at radius 2 is 1.75 bits per heavy atom. The zero-order valence-corrected chi connectivity index (χ0v) is 12.0. The predicted octanol–water partition coefficient (Wildman–Crippen LogP) is 3.69.